The second-order valence-electron chi connectivity index (χ2n) is 14.2. The van der Waals surface area contributed by atoms with E-state index < -0.39 is 24.0 Å². The van der Waals surface area contributed by atoms with E-state index in [2.05, 4.69) is 22.5 Å². The maximum Gasteiger partial charge on any atom is 0.255 e. The quantitative estimate of drug-likeness (QED) is 0.468. The molecule has 2 unspecified atom stereocenters. The third-order valence-corrected chi connectivity index (χ3v) is 10.9. The van der Waals surface area contributed by atoms with Gasteiger partial charge in [-0.1, -0.05) is 19.8 Å². The molecule has 4 aliphatic heterocycles. The molecule has 9 nitrogen and oxygen atoms in total. The fourth-order valence-corrected chi connectivity index (χ4v) is 8.01. The van der Waals surface area contributed by atoms with Crippen LogP contribution in [0.4, 0.5) is 8.78 Å². The van der Waals surface area contributed by atoms with Crippen LogP contribution in [-0.2, 0) is 20.9 Å². The SMILES string of the molecule is CC1(C(=O)N2CCC(C3CNC3)CC2)CCCC1.O=C1CCC(N2Cc3cc(OC4CCCC(F)(F)C4)ccc3C2=O)C(=O)N1. The summed E-state index contributed by atoms with van der Waals surface area (Å²) < 4.78 is 32.8. The number of alkyl halides is 2. The molecule has 5 fully saturated rings. The van der Waals surface area contributed by atoms with Crippen molar-refractivity contribution in [3.63, 3.8) is 0 Å². The first-order valence-corrected chi connectivity index (χ1v) is 16.8. The summed E-state index contributed by atoms with van der Waals surface area (Å²) in [7, 11) is 0. The summed E-state index contributed by atoms with van der Waals surface area (Å²) in [5.41, 5.74) is 1.15. The summed E-state index contributed by atoms with van der Waals surface area (Å²) in [5.74, 6) is -1.10. The molecule has 0 bridgehead atoms. The highest BCUT2D eigenvalue weighted by Gasteiger charge is 2.42. The summed E-state index contributed by atoms with van der Waals surface area (Å²) >= 11 is 0. The number of rotatable bonds is 5. The lowest BCUT2D eigenvalue weighted by atomic mass is 9.79. The normalized spacial score (nSPS) is 28.1. The molecule has 0 spiro atoms. The van der Waals surface area contributed by atoms with Gasteiger partial charge in [0.2, 0.25) is 17.7 Å². The van der Waals surface area contributed by atoms with Crippen LogP contribution < -0.4 is 15.4 Å². The average Bonchev–Trinajstić information content (AvgIpc) is 3.56. The molecular formula is C34H46F2N4O5. The highest BCUT2D eigenvalue weighted by atomic mass is 19.3. The minimum Gasteiger partial charge on any atom is -0.490 e. The molecule has 2 aliphatic carbocycles. The number of halogens is 2. The minimum absolute atomic E-state index is 0.0230. The van der Waals surface area contributed by atoms with Crippen molar-refractivity contribution in [2.75, 3.05) is 26.2 Å². The molecule has 11 heteroatoms. The van der Waals surface area contributed by atoms with Crippen LogP contribution in [-0.4, -0.2) is 77.7 Å². The Balaban J connectivity index is 0.000000172. The van der Waals surface area contributed by atoms with Gasteiger partial charge >= 0.3 is 0 Å². The van der Waals surface area contributed by atoms with Crippen LogP contribution in [0.25, 0.3) is 0 Å². The molecule has 2 saturated carbocycles. The number of imide groups is 1. The number of benzene rings is 1. The first kappa shape index (κ1) is 31.9. The fraction of sp³-hybridized carbons (Fsp3) is 0.706. The summed E-state index contributed by atoms with van der Waals surface area (Å²) in [6.07, 6.45) is 7.70. The number of ether oxygens (including phenoxy) is 1. The van der Waals surface area contributed by atoms with E-state index in [0.717, 1.165) is 37.8 Å². The van der Waals surface area contributed by atoms with Crippen LogP contribution in [0.3, 0.4) is 0 Å². The van der Waals surface area contributed by atoms with E-state index in [1.165, 1.54) is 43.7 Å². The van der Waals surface area contributed by atoms with Crippen LogP contribution in [0.5, 0.6) is 5.75 Å². The Bertz CT molecular complexity index is 1300. The molecule has 1 aromatic rings. The van der Waals surface area contributed by atoms with E-state index in [1.807, 2.05) is 0 Å². The second kappa shape index (κ2) is 13.0. The number of fused-ring (bicyclic) bond motifs is 1. The van der Waals surface area contributed by atoms with E-state index in [0.29, 0.717) is 42.0 Å². The number of hydrogen-bond donors (Lipinski definition) is 2. The maximum atomic E-state index is 13.6. The Kier molecular flexibility index (Phi) is 9.19. The van der Waals surface area contributed by atoms with Gasteiger partial charge in [0.15, 0.2) is 0 Å². The van der Waals surface area contributed by atoms with Crippen molar-refractivity contribution in [1.82, 2.24) is 20.4 Å². The molecule has 0 aromatic heterocycles. The van der Waals surface area contributed by atoms with Gasteiger partial charge in [-0.25, -0.2) is 8.78 Å². The number of piperidine rings is 2. The van der Waals surface area contributed by atoms with Gasteiger partial charge in [0, 0.05) is 49.9 Å². The zero-order chi connectivity index (χ0) is 31.8. The zero-order valence-electron chi connectivity index (χ0n) is 26.3. The molecule has 4 heterocycles. The number of amides is 4. The predicted molar refractivity (Wildman–Crippen MR) is 163 cm³/mol. The monoisotopic (exact) mass is 628 g/mol. The third-order valence-electron chi connectivity index (χ3n) is 10.9. The fourth-order valence-electron chi connectivity index (χ4n) is 8.01. The van der Waals surface area contributed by atoms with Gasteiger partial charge in [0.1, 0.15) is 17.9 Å². The molecular weight excluding hydrogens is 582 g/mol. The van der Waals surface area contributed by atoms with Gasteiger partial charge in [-0.2, -0.15) is 0 Å². The number of nitrogens with zero attached hydrogens (tertiary/aromatic N) is 2. The Labute approximate surface area is 263 Å². The second-order valence-corrected chi connectivity index (χ2v) is 14.2. The predicted octanol–water partition coefficient (Wildman–Crippen LogP) is 4.43. The van der Waals surface area contributed by atoms with Crippen molar-refractivity contribution in [3.8, 4) is 5.75 Å². The van der Waals surface area contributed by atoms with Crippen LogP contribution in [0.15, 0.2) is 18.2 Å². The topological polar surface area (TPSA) is 108 Å². The standard InChI is InChI=1S/C19H20F2N2O4.C15H26N2O/c20-19(21)7-1-2-13(9-19)27-12-3-4-14-11(8-12)10-23(18(14)26)15-5-6-16(24)22-17(15)25;1-15(6-2-3-7-15)14(18)17-8-4-12(5-9-17)13-10-16-11-13/h3-4,8,13,15H,1-2,5-7,9-10H2,(H,22,24,25);12-13,16H,2-11H2,1H3. The van der Waals surface area contributed by atoms with Gasteiger partial charge in [-0.05, 0) is 93.6 Å². The first-order chi connectivity index (χ1) is 21.5. The minimum atomic E-state index is -2.70. The number of likely N-dealkylation sites (tertiary alicyclic amines) is 1. The maximum absolute atomic E-state index is 13.6. The molecule has 2 atom stereocenters. The van der Waals surface area contributed by atoms with Crippen molar-refractivity contribution in [3.05, 3.63) is 29.3 Å². The summed E-state index contributed by atoms with van der Waals surface area (Å²) in [6.45, 7) is 6.85. The summed E-state index contributed by atoms with van der Waals surface area (Å²) in [6, 6.07) is 4.23. The number of carbonyl (C=O) groups excluding carboxylic acids is 4. The van der Waals surface area contributed by atoms with Gasteiger partial charge < -0.3 is 19.9 Å². The molecule has 6 aliphatic rings. The number of hydrogen-bond acceptors (Lipinski definition) is 6. The zero-order valence-corrected chi connectivity index (χ0v) is 26.3. The van der Waals surface area contributed by atoms with Gasteiger partial charge in [-0.3, -0.25) is 24.5 Å². The Hall–Kier alpha value is -3.08. The van der Waals surface area contributed by atoms with Crippen molar-refractivity contribution in [1.29, 1.82) is 0 Å². The first-order valence-electron chi connectivity index (χ1n) is 16.8. The van der Waals surface area contributed by atoms with Crippen molar-refractivity contribution in [2.24, 2.45) is 17.3 Å². The van der Waals surface area contributed by atoms with E-state index in [9.17, 15) is 28.0 Å². The van der Waals surface area contributed by atoms with E-state index in [1.54, 1.807) is 18.2 Å². The molecule has 7 rings (SSSR count). The highest BCUT2D eigenvalue weighted by molar-refractivity contribution is 6.05. The number of nitrogens with one attached hydrogen (secondary N) is 2. The summed E-state index contributed by atoms with van der Waals surface area (Å²) in [4.78, 5) is 52.2. The van der Waals surface area contributed by atoms with E-state index >= 15 is 0 Å². The van der Waals surface area contributed by atoms with E-state index in [-0.39, 0.29) is 43.0 Å². The molecule has 0 radical (unpaired) electrons. The molecule has 2 N–H and O–H groups in total. The highest BCUT2D eigenvalue weighted by Crippen LogP contribution is 2.40. The molecule has 246 valence electrons. The van der Waals surface area contributed by atoms with Crippen LogP contribution in [0.1, 0.15) is 99.9 Å². The van der Waals surface area contributed by atoms with Crippen molar-refractivity contribution >= 4 is 23.6 Å². The van der Waals surface area contributed by atoms with Crippen LogP contribution >= 0.6 is 0 Å². The third kappa shape index (κ3) is 7.03. The number of carbonyl (C=O) groups is 4. The lowest BCUT2D eigenvalue weighted by molar-refractivity contribution is -0.143. The molecule has 1 aromatic carbocycles. The van der Waals surface area contributed by atoms with E-state index in [4.69, 9.17) is 4.74 Å². The summed E-state index contributed by atoms with van der Waals surface area (Å²) in [5, 5.41) is 5.62. The Morgan fingerprint density at radius 2 is 1.69 bits per heavy atom. The molecule has 3 saturated heterocycles. The largest absolute Gasteiger partial charge is 0.490 e. The molecule has 4 amide bonds. The van der Waals surface area contributed by atoms with Crippen LogP contribution in [0, 0.1) is 17.3 Å². The lowest BCUT2D eigenvalue weighted by Crippen LogP contribution is -2.52. The Morgan fingerprint density at radius 1 is 0.956 bits per heavy atom. The lowest BCUT2D eigenvalue weighted by Gasteiger charge is -2.42. The smallest absolute Gasteiger partial charge is 0.255 e. The van der Waals surface area contributed by atoms with Crippen LogP contribution in [0.2, 0.25) is 0 Å². The van der Waals surface area contributed by atoms with Crippen molar-refractivity contribution < 1.29 is 32.7 Å². The molecule has 45 heavy (non-hydrogen) atoms. The average molecular weight is 629 g/mol. The van der Waals surface area contributed by atoms with Crippen molar-refractivity contribution in [2.45, 2.75) is 109 Å². The Morgan fingerprint density at radius 3 is 2.33 bits per heavy atom. The van der Waals surface area contributed by atoms with Gasteiger partial charge in [-0.15, -0.1) is 0 Å². The van der Waals surface area contributed by atoms with Gasteiger partial charge in [0.05, 0.1) is 0 Å². The van der Waals surface area contributed by atoms with Gasteiger partial charge in [0.25, 0.3) is 11.8 Å².